The number of nitrogens with two attached hydrogens (primary N) is 1. The van der Waals surface area contributed by atoms with Crippen LogP contribution in [0.15, 0.2) is 22.8 Å². The van der Waals surface area contributed by atoms with Crippen LogP contribution in [-0.2, 0) is 6.42 Å². The largest absolute Gasteiger partial charge is 0.432 e. The van der Waals surface area contributed by atoms with Crippen LogP contribution in [0.25, 0.3) is 10.6 Å². The summed E-state index contributed by atoms with van der Waals surface area (Å²) in [4.78, 5) is 6.50. The highest BCUT2D eigenvalue weighted by molar-refractivity contribution is 7.15. The summed E-state index contributed by atoms with van der Waals surface area (Å²) in [5.41, 5.74) is 6.20. The van der Waals surface area contributed by atoms with Crippen molar-refractivity contribution < 1.29 is 4.42 Å². The van der Waals surface area contributed by atoms with E-state index in [-0.39, 0.29) is 6.01 Å². The Morgan fingerprint density at radius 3 is 2.92 bits per heavy atom. The summed E-state index contributed by atoms with van der Waals surface area (Å²) in [7, 11) is 0. The van der Waals surface area contributed by atoms with Crippen molar-refractivity contribution in [1.29, 1.82) is 0 Å². The summed E-state index contributed by atoms with van der Waals surface area (Å²) < 4.78 is 4.94. The second-order valence-corrected chi connectivity index (χ2v) is 3.86. The Labute approximate surface area is 80.2 Å². The normalized spacial score (nSPS) is 10.5. The lowest BCUT2D eigenvalue weighted by molar-refractivity contribution is 0.581. The molecular weight excluding hydrogens is 184 g/mol. The molecule has 0 saturated carbocycles. The van der Waals surface area contributed by atoms with Crippen LogP contribution >= 0.6 is 11.3 Å². The van der Waals surface area contributed by atoms with E-state index in [1.165, 1.54) is 4.88 Å². The van der Waals surface area contributed by atoms with Crippen LogP contribution in [0, 0.1) is 0 Å². The molecule has 0 unspecified atom stereocenters. The second-order valence-electron chi connectivity index (χ2n) is 2.69. The van der Waals surface area contributed by atoms with Gasteiger partial charge in [-0.25, -0.2) is 0 Å². The van der Waals surface area contributed by atoms with Crippen molar-refractivity contribution in [1.82, 2.24) is 4.98 Å². The maximum Gasteiger partial charge on any atom is 0.292 e. The molecule has 0 aliphatic rings. The summed E-state index contributed by atoms with van der Waals surface area (Å²) in [6.45, 7) is 2.13. The van der Waals surface area contributed by atoms with E-state index < -0.39 is 0 Å². The van der Waals surface area contributed by atoms with Crippen LogP contribution in [0.3, 0.4) is 0 Å². The Morgan fingerprint density at radius 2 is 2.38 bits per heavy atom. The molecule has 0 bridgehead atoms. The van der Waals surface area contributed by atoms with E-state index in [1.807, 2.05) is 6.07 Å². The standard InChI is InChI=1S/C9H10N2OS/c1-2-6-3-4-8(13-6)7-5-12-9(10)11-7/h3-5H,2H2,1H3,(H2,10,11). The molecule has 3 nitrogen and oxygen atoms in total. The number of nitrogen functional groups attached to an aromatic ring is 1. The molecular formula is C9H10N2OS. The lowest BCUT2D eigenvalue weighted by Gasteiger charge is -1.85. The van der Waals surface area contributed by atoms with Gasteiger partial charge >= 0.3 is 0 Å². The Kier molecular flexibility index (Phi) is 2.06. The maximum atomic E-state index is 5.38. The van der Waals surface area contributed by atoms with Crippen molar-refractivity contribution in [2.45, 2.75) is 13.3 Å². The highest BCUT2D eigenvalue weighted by atomic mass is 32.1. The Morgan fingerprint density at radius 1 is 1.54 bits per heavy atom. The van der Waals surface area contributed by atoms with Crippen LogP contribution < -0.4 is 5.73 Å². The van der Waals surface area contributed by atoms with Crippen LogP contribution in [0.2, 0.25) is 0 Å². The predicted octanol–water partition coefficient (Wildman–Crippen LogP) is 2.55. The molecule has 0 aliphatic carbocycles. The number of hydrogen-bond donors (Lipinski definition) is 1. The number of hydrogen-bond acceptors (Lipinski definition) is 4. The number of thiophene rings is 1. The maximum absolute atomic E-state index is 5.38. The summed E-state index contributed by atoms with van der Waals surface area (Å²) in [6.07, 6.45) is 2.64. The van der Waals surface area contributed by atoms with Gasteiger partial charge in [-0.1, -0.05) is 6.92 Å². The zero-order valence-electron chi connectivity index (χ0n) is 7.28. The van der Waals surface area contributed by atoms with Gasteiger partial charge in [0.25, 0.3) is 6.01 Å². The van der Waals surface area contributed by atoms with Gasteiger partial charge in [0.15, 0.2) is 0 Å². The smallest absolute Gasteiger partial charge is 0.292 e. The summed E-state index contributed by atoms with van der Waals surface area (Å²) in [6, 6.07) is 4.37. The molecule has 0 radical (unpaired) electrons. The minimum atomic E-state index is 0.224. The predicted molar refractivity (Wildman–Crippen MR) is 53.6 cm³/mol. The molecule has 2 aromatic rings. The van der Waals surface area contributed by atoms with Crippen molar-refractivity contribution in [2.24, 2.45) is 0 Å². The topological polar surface area (TPSA) is 52.0 Å². The van der Waals surface area contributed by atoms with E-state index in [9.17, 15) is 0 Å². The molecule has 0 amide bonds. The van der Waals surface area contributed by atoms with Crippen molar-refractivity contribution in [3.05, 3.63) is 23.3 Å². The van der Waals surface area contributed by atoms with Gasteiger partial charge in [-0.15, -0.1) is 11.3 Å². The molecule has 2 aromatic heterocycles. The Bertz CT molecular complexity index is 405. The molecule has 0 fully saturated rings. The minimum absolute atomic E-state index is 0.224. The molecule has 0 aromatic carbocycles. The van der Waals surface area contributed by atoms with E-state index in [4.69, 9.17) is 10.2 Å². The minimum Gasteiger partial charge on any atom is -0.432 e. The lowest BCUT2D eigenvalue weighted by atomic mass is 10.3. The fourth-order valence-corrected chi connectivity index (χ4v) is 2.00. The average molecular weight is 194 g/mol. The van der Waals surface area contributed by atoms with E-state index in [0.29, 0.717) is 0 Å². The fraction of sp³-hybridized carbons (Fsp3) is 0.222. The average Bonchev–Trinajstić information content (AvgIpc) is 2.71. The molecule has 4 heteroatoms. The monoisotopic (exact) mass is 194 g/mol. The highest BCUT2D eigenvalue weighted by Gasteiger charge is 2.05. The molecule has 0 aliphatic heterocycles. The first-order chi connectivity index (χ1) is 6.29. The molecule has 0 atom stereocenters. The molecule has 0 spiro atoms. The first-order valence-electron chi connectivity index (χ1n) is 4.09. The Balaban J connectivity index is 2.35. The van der Waals surface area contributed by atoms with Crippen molar-refractivity contribution in [3.8, 4) is 10.6 Å². The number of anilines is 1. The van der Waals surface area contributed by atoms with Crippen molar-refractivity contribution >= 4 is 17.4 Å². The van der Waals surface area contributed by atoms with E-state index in [2.05, 4.69) is 18.0 Å². The zero-order chi connectivity index (χ0) is 9.26. The Hall–Kier alpha value is -1.29. The summed E-state index contributed by atoms with van der Waals surface area (Å²) in [5, 5.41) is 0. The third kappa shape index (κ3) is 1.58. The number of nitrogens with zero attached hydrogens (tertiary/aromatic N) is 1. The van der Waals surface area contributed by atoms with Crippen molar-refractivity contribution in [3.63, 3.8) is 0 Å². The van der Waals surface area contributed by atoms with E-state index in [0.717, 1.165) is 17.0 Å². The second kappa shape index (κ2) is 3.22. The van der Waals surface area contributed by atoms with Gasteiger partial charge in [-0.05, 0) is 18.6 Å². The fourth-order valence-electron chi connectivity index (χ4n) is 1.11. The lowest BCUT2D eigenvalue weighted by Crippen LogP contribution is -1.81. The third-order valence-electron chi connectivity index (χ3n) is 1.78. The first-order valence-corrected chi connectivity index (χ1v) is 4.91. The van der Waals surface area contributed by atoms with Gasteiger partial charge in [-0.3, -0.25) is 0 Å². The SMILES string of the molecule is CCc1ccc(-c2coc(N)n2)s1. The molecule has 2 rings (SSSR count). The molecule has 0 saturated heterocycles. The third-order valence-corrected chi connectivity index (χ3v) is 3.04. The quantitative estimate of drug-likeness (QED) is 0.799. The summed E-state index contributed by atoms with van der Waals surface area (Å²) in [5.74, 6) is 0. The first kappa shape index (κ1) is 8.31. The highest BCUT2D eigenvalue weighted by Crippen LogP contribution is 2.27. The summed E-state index contributed by atoms with van der Waals surface area (Å²) >= 11 is 1.72. The zero-order valence-corrected chi connectivity index (χ0v) is 8.10. The van der Waals surface area contributed by atoms with Gasteiger partial charge in [0, 0.05) is 4.88 Å². The van der Waals surface area contributed by atoms with Gasteiger partial charge in [-0.2, -0.15) is 4.98 Å². The van der Waals surface area contributed by atoms with Crippen LogP contribution in [0.5, 0.6) is 0 Å². The molecule has 13 heavy (non-hydrogen) atoms. The number of aryl methyl sites for hydroxylation is 1. The molecule has 2 N–H and O–H groups in total. The van der Waals surface area contributed by atoms with Crippen LogP contribution in [0.4, 0.5) is 6.01 Å². The van der Waals surface area contributed by atoms with E-state index in [1.54, 1.807) is 17.6 Å². The van der Waals surface area contributed by atoms with Gasteiger partial charge in [0.05, 0.1) is 4.88 Å². The van der Waals surface area contributed by atoms with Crippen molar-refractivity contribution in [2.75, 3.05) is 5.73 Å². The van der Waals surface area contributed by atoms with Gasteiger partial charge < -0.3 is 10.2 Å². The number of rotatable bonds is 2. The van der Waals surface area contributed by atoms with Crippen LogP contribution in [-0.4, -0.2) is 4.98 Å². The van der Waals surface area contributed by atoms with Gasteiger partial charge in [0.2, 0.25) is 0 Å². The molecule has 68 valence electrons. The number of oxazole rings is 1. The van der Waals surface area contributed by atoms with E-state index >= 15 is 0 Å². The number of aromatic nitrogens is 1. The van der Waals surface area contributed by atoms with Crippen LogP contribution in [0.1, 0.15) is 11.8 Å². The molecule has 2 heterocycles. The van der Waals surface area contributed by atoms with Gasteiger partial charge in [0.1, 0.15) is 12.0 Å².